The number of ether oxygens (including phenoxy) is 2. The molecule has 108 valence electrons. The van der Waals surface area contributed by atoms with Crippen molar-refractivity contribution in [1.82, 2.24) is 0 Å². The summed E-state index contributed by atoms with van der Waals surface area (Å²) < 4.78 is 10.2. The van der Waals surface area contributed by atoms with Crippen molar-refractivity contribution in [2.75, 3.05) is 13.2 Å². The number of rotatable bonds is 4. The molecule has 1 unspecified atom stereocenters. The summed E-state index contributed by atoms with van der Waals surface area (Å²) in [5.74, 6) is -0.767. The van der Waals surface area contributed by atoms with E-state index in [-0.39, 0.29) is 17.9 Å². The highest BCUT2D eigenvalue weighted by atomic mass is 16.5. The number of fused-ring (bicyclic) bond motifs is 1. The smallest absolute Gasteiger partial charge is 0.338 e. The Kier molecular flexibility index (Phi) is 4.77. The molecule has 1 aliphatic rings. The van der Waals surface area contributed by atoms with Crippen LogP contribution in [0.1, 0.15) is 54.1 Å². The van der Waals surface area contributed by atoms with E-state index in [1.165, 1.54) is 0 Å². The van der Waals surface area contributed by atoms with Crippen molar-refractivity contribution in [1.29, 1.82) is 0 Å². The lowest BCUT2D eigenvalue weighted by molar-refractivity contribution is -0.145. The number of esters is 2. The van der Waals surface area contributed by atoms with E-state index in [9.17, 15) is 9.59 Å². The van der Waals surface area contributed by atoms with Crippen molar-refractivity contribution in [3.8, 4) is 0 Å². The molecule has 1 aromatic rings. The molecule has 0 heterocycles. The molecule has 0 spiro atoms. The molecule has 1 atom stereocenters. The van der Waals surface area contributed by atoms with E-state index < -0.39 is 0 Å². The summed E-state index contributed by atoms with van der Waals surface area (Å²) in [6.45, 7) is 4.32. The fourth-order valence-electron chi connectivity index (χ4n) is 2.74. The summed E-state index contributed by atoms with van der Waals surface area (Å²) in [4.78, 5) is 24.0. The maximum Gasteiger partial charge on any atom is 0.338 e. The van der Waals surface area contributed by atoms with Gasteiger partial charge in [-0.05, 0) is 50.3 Å². The van der Waals surface area contributed by atoms with Crippen LogP contribution in [0.3, 0.4) is 0 Å². The van der Waals surface area contributed by atoms with E-state index >= 15 is 0 Å². The van der Waals surface area contributed by atoms with Crippen molar-refractivity contribution in [3.05, 3.63) is 34.9 Å². The number of benzene rings is 1. The average molecular weight is 276 g/mol. The monoisotopic (exact) mass is 276 g/mol. The lowest BCUT2D eigenvalue weighted by Crippen LogP contribution is -2.23. The van der Waals surface area contributed by atoms with Gasteiger partial charge in [-0.3, -0.25) is 4.79 Å². The Morgan fingerprint density at radius 3 is 2.65 bits per heavy atom. The van der Waals surface area contributed by atoms with E-state index in [4.69, 9.17) is 9.47 Å². The average Bonchev–Trinajstić information content (AvgIpc) is 2.46. The van der Waals surface area contributed by atoms with Gasteiger partial charge in [0.2, 0.25) is 0 Å². The van der Waals surface area contributed by atoms with Gasteiger partial charge in [0.15, 0.2) is 0 Å². The van der Waals surface area contributed by atoms with Crippen LogP contribution >= 0.6 is 0 Å². The molecule has 4 nitrogen and oxygen atoms in total. The van der Waals surface area contributed by atoms with Gasteiger partial charge in [0.25, 0.3) is 0 Å². The number of carbonyl (C=O) groups excluding carboxylic acids is 2. The van der Waals surface area contributed by atoms with E-state index in [1.807, 2.05) is 12.1 Å². The molecule has 0 fully saturated rings. The zero-order valence-electron chi connectivity index (χ0n) is 12.0. The van der Waals surface area contributed by atoms with Crippen molar-refractivity contribution < 1.29 is 19.1 Å². The predicted molar refractivity (Wildman–Crippen MR) is 74.7 cm³/mol. The Bertz CT molecular complexity index is 507. The second-order valence-corrected chi connectivity index (χ2v) is 4.79. The van der Waals surface area contributed by atoms with Gasteiger partial charge in [-0.25, -0.2) is 4.79 Å². The van der Waals surface area contributed by atoms with Crippen LogP contribution in [0.15, 0.2) is 18.2 Å². The second-order valence-electron chi connectivity index (χ2n) is 4.79. The molecular formula is C16H20O4. The third-order valence-corrected chi connectivity index (χ3v) is 3.57. The van der Waals surface area contributed by atoms with Crippen LogP contribution in [0.2, 0.25) is 0 Å². The Morgan fingerprint density at radius 1 is 1.20 bits per heavy atom. The van der Waals surface area contributed by atoms with Crippen LogP contribution in [0, 0.1) is 0 Å². The fourth-order valence-corrected chi connectivity index (χ4v) is 2.74. The summed E-state index contributed by atoms with van der Waals surface area (Å²) in [6.07, 6.45) is 2.46. The van der Waals surface area contributed by atoms with Crippen LogP contribution in [-0.2, 0) is 20.7 Å². The van der Waals surface area contributed by atoms with Gasteiger partial charge in [-0.15, -0.1) is 0 Å². The first-order chi connectivity index (χ1) is 9.69. The van der Waals surface area contributed by atoms with E-state index in [0.29, 0.717) is 18.8 Å². The molecule has 2 rings (SSSR count). The third-order valence-electron chi connectivity index (χ3n) is 3.57. The van der Waals surface area contributed by atoms with Crippen molar-refractivity contribution in [2.24, 2.45) is 0 Å². The minimum atomic E-state index is -0.311. The molecule has 0 aromatic heterocycles. The molecule has 0 saturated heterocycles. The van der Waals surface area contributed by atoms with Crippen molar-refractivity contribution >= 4 is 11.9 Å². The van der Waals surface area contributed by atoms with Gasteiger partial charge in [-0.1, -0.05) is 12.1 Å². The van der Waals surface area contributed by atoms with Crippen LogP contribution in [0.4, 0.5) is 0 Å². The minimum Gasteiger partial charge on any atom is -0.466 e. The van der Waals surface area contributed by atoms with Crippen LogP contribution in [-0.4, -0.2) is 25.2 Å². The van der Waals surface area contributed by atoms with Crippen molar-refractivity contribution in [2.45, 2.75) is 39.0 Å². The van der Waals surface area contributed by atoms with Gasteiger partial charge in [0, 0.05) is 0 Å². The summed E-state index contributed by atoms with van der Waals surface area (Å²) in [6, 6.07) is 5.49. The first kappa shape index (κ1) is 14.6. The standard InChI is InChI=1S/C16H20O4/c1-3-19-15(17)13-9-5-8-12-11(13)7-6-10-14(12)16(18)20-4-2/h5,8-9,14H,3-4,6-7,10H2,1-2H3. The zero-order valence-corrected chi connectivity index (χ0v) is 12.0. The molecule has 1 aliphatic carbocycles. The molecule has 20 heavy (non-hydrogen) atoms. The van der Waals surface area contributed by atoms with Crippen LogP contribution < -0.4 is 0 Å². The number of hydrogen-bond acceptors (Lipinski definition) is 4. The maximum absolute atomic E-state index is 12.0. The summed E-state index contributed by atoms with van der Waals surface area (Å²) >= 11 is 0. The summed E-state index contributed by atoms with van der Waals surface area (Å²) in [7, 11) is 0. The minimum absolute atomic E-state index is 0.200. The third kappa shape index (κ3) is 2.84. The summed E-state index contributed by atoms with van der Waals surface area (Å²) in [5.41, 5.74) is 2.44. The van der Waals surface area contributed by atoms with Gasteiger partial charge in [-0.2, -0.15) is 0 Å². The highest BCUT2D eigenvalue weighted by Crippen LogP contribution is 2.34. The molecule has 0 N–H and O–H groups in total. The SMILES string of the molecule is CCOC(=O)c1cccc2c1CCCC2C(=O)OCC. The molecule has 0 bridgehead atoms. The van der Waals surface area contributed by atoms with E-state index in [2.05, 4.69) is 0 Å². The first-order valence-electron chi connectivity index (χ1n) is 7.14. The van der Waals surface area contributed by atoms with Gasteiger partial charge >= 0.3 is 11.9 Å². The normalized spacial score (nSPS) is 17.2. The van der Waals surface area contributed by atoms with Gasteiger partial charge in [0.1, 0.15) is 0 Å². The quantitative estimate of drug-likeness (QED) is 0.793. The molecule has 0 amide bonds. The number of hydrogen-bond donors (Lipinski definition) is 0. The Morgan fingerprint density at radius 2 is 1.95 bits per heavy atom. The van der Waals surface area contributed by atoms with E-state index in [0.717, 1.165) is 30.4 Å². The van der Waals surface area contributed by atoms with Gasteiger partial charge in [0.05, 0.1) is 24.7 Å². The molecular weight excluding hydrogens is 256 g/mol. The molecule has 0 aliphatic heterocycles. The van der Waals surface area contributed by atoms with E-state index in [1.54, 1.807) is 19.9 Å². The zero-order chi connectivity index (χ0) is 14.5. The Hall–Kier alpha value is -1.84. The molecule has 0 radical (unpaired) electrons. The largest absolute Gasteiger partial charge is 0.466 e. The number of carbonyl (C=O) groups is 2. The molecule has 1 aromatic carbocycles. The predicted octanol–water partition coefficient (Wildman–Crippen LogP) is 2.85. The van der Waals surface area contributed by atoms with Gasteiger partial charge < -0.3 is 9.47 Å². The van der Waals surface area contributed by atoms with Crippen LogP contribution in [0.25, 0.3) is 0 Å². The highest BCUT2D eigenvalue weighted by molar-refractivity contribution is 5.92. The highest BCUT2D eigenvalue weighted by Gasteiger charge is 2.30. The Labute approximate surface area is 119 Å². The van der Waals surface area contributed by atoms with Crippen molar-refractivity contribution in [3.63, 3.8) is 0 Å². The Balaban J connectivity index is 2.36. The fraction of sp³-hybridized carbons (Fsp3) is 0.500. The lowest BCUT2D eigenvalue weighted by atomic mass is 9.80. The second kappa shape index (κ2) is 6.55. The summed E-state index contributed by atoms with van der Waals surface area (Å²) in [5, 5.41) is 0. The molecule has 4 heteroatoms. The molecule has 0 saturated carbocycles. The first-order valence-corrected chi connectivity index (χ1v) is 7.14. The lowest BCUT2D eigenvalue weighted by Gasteiger charge is -2.25. The maximum atomic E-state index is 12.0. The van der Waals surface area contributed by atoms with Crippen LogP contribution in [0.5, 0.6) is 0 Å². The topological polar surface area (TPSA) is 52.6 Å².